The minimum absolute atomic E-state index is 0.232. The lowest BCUT2D eigenvalue weighted by atomic mass is 9.75. The van der Waals surface area contributed by atoms with Gasteiger partial charge in [0, 0.05) is 11.8 Å². The third kappa shape index (κ3) is 2.39. The smallest absolute Gasteiger partial charge is 0.133 e. The summed E-state index contributed by atoms with van der Waals surface area (Å²) in [6.07, 6.45) is 2.22. The molecule has 0 aromatic carbocycles. The van der Waals surface area contributed by atoms with Crippen LogP contribution < -0.4 is 0 Å². The van der Waals surface area contributed by atoms with Crippen LogP contribution in [0.4, 0.5) is 0 Å². The minimum Gasteiger partial charge on any atom is -0.377 e. The van der Waals surface area contributed by atoms with E-state index in [1.807, 2.05) is 20.8 Å². The summed E-state index contributed by atoms with van der Waals surface area (Å²) in [5.41, 5.74) is -1.17. The average molecular weight is 166 g/mol. The van der Waals surface area contributed by atoms with E-state index in [0.29, 0.717) is 6.42 Å². The molecule has 1 nitrogen and oxygen atoms in total. The highest BCUT2D eigenvalue weighted by atomic mass is 16.3. The second-order valence-electron chi connectivity index (χ2n) is 3.98. The van der Waals surface area contributed by atoms with Crippen LogP contribution in [0.15, 0.2) is 12.7 Å². The van der Waals surface area contributed by atoms with Crippen molar-refractivity contribution >= 4 is 0 Å². The minimum atomic E-state index is -0.941. The molecule has 68 valence electrons. The van der Waals surface area contributed by atoms with Crippen molar-refractivity contribution in [2.45, 2.75) is 39.7 Å². The molecule has 0 amide bonds. The molecule has 0 aliphatic rings. The van der Waals surface area contributed by atoms with E-state index in [9.17, 15) is 5.11 Å². The van der Waals surface area contributed by atoms with E-state index in [-0.39, 0.29) is 5.41 Å². The molecule has 0 unspecified atom stereocenters. The van der Waals surface area contributed by atoms with Crippen molar-refractivity contribution in [3.8, 4) is 11.8 Å². The molecule has 0 aliphatic carbocycles. The zero-order valence-electron chi connectivity index (χ0n) is 8.44. The van der Waals surface area contributed by atoms with Crippen molar-refractivity contribution in [1.29, 1.82) is 0 Å². The number of hydrogen-bond donors (Lipinski definition) is 1. The highest BCUT2D eigenvalue weighted by molar-refractivity contribution is 5.18. The van der Waals surface area contributed by atoms with Crippen LogP contribution in [0.3, 0.4) is 0 Å². The molecule has 0 aromatic rings. The maximum absolute atomic E-state index is 10.1. The third-order valence-electron chi connectivity index (χ3n) is 2.01. The first-order valence-corrected chi connectivity index (χ1v) is 4.14. The van der Waals surface area contributed by atoms with Gasteiger partial charge in [0.25, 0.3) is 0 Å². The monoisotopic (exact) mass is 166 g/mol. The molecule has 1 N–H and O–H groups in total. The summed E-state index contributed by atoms with van der Waals surface area (Å²) >= 11 is 0. The summed E-state index contributed by atoms with van der Waals surface area (Å²) in [6.45, 7) is 11.3. The van der Waals surface area contributed by atoms with Crippen LogP contribution in [0.25, 0.3) is 0 Å². The number of hydrogen-bond acceptors (Lipinski definition) is 1. The summed E-state index contributed by atoms with van der Waals surface area (Å²) in [6, 6.07) is 0. The molecular weight excluding hydrogens is 148 g/mol. The quantitative estimate of drug-likeness (QED) is 0.493. The average Bonchev–Trinajstić information content (AvgIpc) is 1.86. The van der Waals surface area contributed by atoms with Gasteiger partial charge in [-0.3, -0.25) is 0 Å². The molecule has 0 fully saturated rings. The van der Waals surface area contributed by atoms with Crippen molar-refractivity contribution in [1.82, 2.24) is 0 Å². The van der Waals surface area contributed by atoms with Crippen LogP contribution in [-0.4, -0.2) is 10.7 Å². The van der Waals surface area contributed by atoms with Crippen LogP contribution in [0, 0.1) is 17.3 Å². The van der Waals surface area contributed by atoms with Gasteiger partial charge in [-0.1, -0.05) is 32.8 Å². The largest absolute Gasteiger partial charge is 0.377 e. The Labute approximate surface area is 75.5 Å². The molecule has 1 heteroatoms. The van der Waals surface area contributed by atoms with E-state index < -0.39 is 5.60 Å². The second kappa shape index (κ2) is 3.78. The second-order valence-corrected chi connectivity index (χ2v) is 3.98. The van der Waals surface area contributed by atoms with E-state index in [0.717, 1.165) is 0 Å². The van der Waals surface area contributed by atoms with Gasteiger partial charge < -0.3 is 5.11 Å². The molecular formula is C11H18O. The maximum Gasteiger partial charge on any atom is 0.133 e. The van der Waals surface area contributed by atoms with Crippen molar-refractivity contribution in [2.75, 3.05) is 0 Å². The molecule has 0 radical (unpaired) electrons. The molecule has 1 atom stereocenters. The zero-order chi connectivity index (χ0) is 9.83. The van der Waals surface area contributed by atoms with Gasteiger partial charge in [-0.05, 0) is 6.92 Å². The predicted molar refractivity (Wildman–Crippen MR) is 52.7 cm³/mol. The van der Waals surface area contributed by atoms with Crippen LogP contribution in [0.2, 0.25) is 0 Å². The summed E-state index contributed by atoms with van der Waals surface area (Å²) < 4.78 is 0. The lowest BCUT2D eigenvalue weighted by Gasteiger charge is -2.35. The summed E-state index contributed by atoms with van der Waals surface area (Å²) in [5, 5.41) is 10.1. The van der Waals surface area contributed by atoms with Crippen molar-refractivity contribution < 1.29 is 5.11 Å². The Bertz CT molecular complexity index is 211. The lowest BCUT2D eigenvalue weighted by molar-refractivity contribution is -0.00162. The van der Waals surface area contributed by atoms with Crippen molar-refractivity contribution in [2.24, 2.45) is 5.41 Å². The lowest BCUT2D eigenvalue weighted by Crippen LogP contribution is -2.40. The highest BCUT2D eigenvalue weighted by Gasteiger charge is 2.36. The molecule has 0 saturated carbocycles. The molecule has 0 spiro atoms. The number of aliphatic hydroxyl groups is 1. The first kappa shape index (κ1) is 11.3. The standard InChI is InChI=1S/C11H18O/c1-6-8-11(12,9-7-2)10(3,4)5/h6,12H,1,8H2,2-5H3/t11-/m0/s1. The summed E-state index contributed by atoms with van der Waals surface area (Å²) in [4.78, 5) is 0. The summed E-state index contributed by atoms with van der Waals surface area (Å²) in [7, 11) is 0. The Morgan fingerprint density at radius 3 is 2.17 bits per heavy atom. The Hall–Kier alpha value is -0.740. The van der Waals surface area contributed by atoms with Crippen molar-refractivity contribution in [3.05, 3.63) is 12.7 Å². The van der Waals surface area contributed by atoms with Crippen LogP contribution >= 0.6 is 0 Å². The van der Waals surface area contributed by atoms with E-state index in [1.165, 1.54) is 0 Å². The first-order valence-electron chi connectivity index (χ1n) is 4.14. The normalized spacial score (nSPS) is 15.8. The van der Waals surface area contributed by atoms with Gasteiger partial charge in [-0.15, -0.1) is 12.5 Å². The first-order chi connectivity index (χ1) is 5.37. The van der Waals surface area contributed by atoms with E-state index in [1.54, 1.807) is 13.0 Å². The fourth-order valence-electron chi connectivity index (χ4n) is 0.960. The van der Waals surface area contributed by atoms with E-state index in [2.05, 4.69) is 18.4 Å². The van der Waals surface area contributed by atoms with Gasteiger partial charge in [-0.2, -0.15) is 0 Å². The molecule has 12 heavy (non-hydrogen) atoms. The van der Waals surface area contributed by atoms with Crippen LogP contribution in [0.5, 0.6) is 0 Å². The maximum atomic E-state index is 10.1. The third-order valence-corrected chi connectivity index (χ3v) is 2.01. The summed E-state index contributed by atoms with van der Waals surface area (Å²) in [5.74, 6) is 5.59. The van der Waals surface area contributed by atoms with E-state index >= 15 is 0 Å². The molecule has 0 heterocycles. The Balaban J connectivity index is 4.81. The van der Waals surface area contributed by atoms with Gasteiger partial charge in [0.1, 0.15) is 5.60 Å². The van der Waals surface area contributed by atoms with E-state index in [4.69, 9.17) is 0 Å². The van der Waals surface area contributed by atoms with Gasteiger partial charge >= 0.3 is 0 Å². The molecule has 0 bridgehead atoms. The van der Waals surface area contributed by atoms with Crippen LogP contribution in [0.1, 0.15) is 34.1 Å². The predicted octanol–water partition coefficient (Wildman–Crippen LogP) is 2.36. The fourth-order valence-corrected chi connectivity index (χ4v) is 0.960. The number of rotatable bonds is 2. The fraction of sp³-hybridized carbons (Fsp3) is 0.636. The van der Waals surface area contributed by atoms with Gasteiger partial charge in [-0.25, -0.2) is 0 Å². The Kier molecular flexibility index (Phi) is 3.55. The topological polar surface area (TPSA) is 20.2 Å². The Morgan fingerprint density at radius 1 is 1.42 bits per heavy atom. The Morgan fingerprint density at radius 2 is 1.92 bits per heavy atom. The molecule has 0 rings (SSSR count). The van der Waals surface area contributed by atoms with Gasteiger partial charge in [0.15, 0.2) is 0 Å². The SMILES string of the molecule is C=CC[C@](O)(C#CC)C(C)(C)C. The zero-order valence-corrected chi connectivity index (χ0v) is 8.44. The molecule has 0 aliphatic heterocycles. The molecule has 0 saturated heterocycles. The van der Waals surface area contributed by atoms with Gasteiger partial charge in [0.2, 0.25) is 0 Å². The van der Waals surface area contributed by atoms with Gasteiger partial charge in [0.05, 0.1) is 0 Å². The molecule has 0 aromatic heterocycles. The highest BCUT2D eigenvalue weighted by Crippen LogP contribution is 2.32. The van der Waals surface area contributed by atoms with Crippen molar-refractivity contribution in [3.63, 3.8) is 0 Å². The van der Waals surface area contributed by atoms with Crippen LogP contribution in [-0.2, 0) is 0 Å².